The summed E-state index contributed by atoms with van der Waals surface area (Å²) in [5.41, 5.74) is 0.175. The van der Waals surface area contributed by atoms with Crippen molar-refractivity contribution in [1.82, 2.24) is 15.5 Å². The number of aromatic nitrogens is 2. The third-order valence-electron chi connectivity index (χ3n) is 3.45. The van der Waals surface area contributed by atoms with E-state index in [4.69, 9.17) is 5.11 Å². The van der Waals surface area contributed by atoms with Gasteiger partial charge in [0.2, 0.25) is 5.91 Å². The predicted molar refractivity (Wildman–Crippen MR) is 62.3 cm³/mol. The highest BCUT2D eigenvalue weighted by Crippen LogP contribution is 2.58. The Morgan fingerprint density at radius 1 is 1.44 bits per heavy atom. The molecule has 2 unspecified atom stereocenters. The van der Waals surface area contributed by atoms with Crippen LogP contribution in [0.25, 0.3) is 0 Å². The van der Waals surface area contributed by atoms with Gasteiger partial charge in [-0.25, -0.2) is 0 Å². The van der Waals surface area contributed by atoms with Crippen LogP contribution in [0.5, 0.6) is 0 Å². The van der Waals surface area contributed by atoms with Crippen molar-refractivity contribution < 1.29 is 14.7 Å². The summed E-state index contributed by atoms with van der Waals surface area (Å²) < 4.78 is 0. The Kier molecular flexibility index (Phi) is 3.02. The second-order valence-corrected chi connectivity index (χ2v) is 5.05. The Morgan fingerprint density at radius 2 is 2.17 bits per heavy atom. The highest BCUT2D eigenvalue weighted by molar-refractivity contribution is 5.91. The number of nitrogens with zero attached hydrogens (tertiary/aromatic N) is 2. The Balaban J connectivity index is 1.93. The SMILES string of the molecule is CC1(C)C(C(=O)O)C1C(=O)NCc1cccnn1. The van der Waals surface area contributed by atoms with Crippen LogP contribution in [-0.2, 0) is 16.1 Å². The van der Waals surface area contributed by atoms with Crippen molar-refractivity contribution in [3.63, 3.8) is 0 Å². The Morgan fingerprint density at radius 3 is 2.67 bits per heavy atom. The molecule has 1 heterocycles. The molecule has 2 N–H and O–H groups in total. The number of rotatable bonds is 4. The number of amides is 1. The number of nitrogens with one attached hydrogen (secondary N) is 1. The van der Waals surface area contributed by atoms with E-state index in [1.807, 2.05) is 0 Å². The zero-order chi connectivity index (χ0) is 13.3. The first-order valence-electron chi connectivity index (χ1n) is 5.71. The monoisotopic (exact) mass is 249 g/mol. The van der Waals surface area contributed by atoms with Gasteiger partial charge in [-0.3, -0.25) is 9.59 Å². The van der Waals surface area contributed by atoms with Crippen molar-refractivity contribution in [2.45, 2.75) is 20.4 Å². The molecule has 6 heteroatoms. The summed E-state index contributed by atoms with van der Waals surface area (Å²) in [6.45, 7) is 3.85. The number of hydrogen-bond acceptors (Lipinski definition) is 4. The van der Waals surface area contributed by atoms with E-state index >= 15 is 0 Å². The molecule has 1 fully saturated rings. The first-order valence-corrected chi connectivity index (χ1v) is 5.71. The second-order valence-electron chi connectivity index (χ2n) is 5.05. The van der Waals surface area contributed by atoms with Gasteiger partial charge in [0.05, 0.1) is 24.1 Å². The first kappa shape index (κ1) is 12.5. The molecule has 1 saturated carbocycles. The van der Waals surface area contributed by atoms with E-state index in [1.165, 1.54) is 0 Å². The Hall–Kier alpha value is -1.98. The van der Waals surface area contributed by atoms with Crippen LogP contribution in [0.4, 0.5) is 0 Å². The van der Waals surface area contributed by atoms with Crippen LogP contribution in [0, 0.1) is 17.3 Å². The van der Waals surface area contributed by atoms with E-state index in [0.717, 1.165) is 0 Å². The number of carbonyl (C=O) groups excluding carboxylic acids is 1. The van der Waals surface area contributed by atoms with Crippen molar-refractivity contribution in [1.29, 1.82) is 0 Å². The summed E-state index contributed by atoms with van der Waals surface area (Å²) in [6, 6.07) is 3.48. The van der Waals surface area contributed by atoms with Crippen LogP contribution in [0.15, 0.2) is 18.3 Å². The first-order chi connectivity index (χ1) is 8.44. The molecule has 96 valence electrons. The summed E-state index contributed by atoms with van der Waals surface area (Å²) in [6.07, 6.45) is 1.55. The molecule has 1 aliphatic carbocycles. The van der Waals surface area contributed by atoms with Gasteiger partial charge >= 0.3 is 5.97 Å². The third kappa shape index (κ3) is 2.18. The molecule has 2 rings (SSSR count). The molecular formula is C12H15N3O3. The fourth-order valence-electron chi connectivity index (χ4n) is 2.30. The largest absolute Gasteiger partial charge is 0.481 e. The van der Waals surface area contributed by atoms with Gasteiger partial charge in [-0.2, -0.15) is 10.2 Å². The van der Waals surface area contributed by atoms with Crippen LogP contribution in [0.3, 0.4) is 0 Å². The maximum Gasteiger partial charge on any atom is 0.307 e. The molecule has 2 atom stereocenters. The van der Waals surface area contributed by atoms with Crippen molar-refractivity contribution in [2.24, 2.45) is 17.3 Å². The lowest BCUT2D eigenvalue weighted by Gasteiger charge is -2.04. The summed E-state index contributed by atoms with van der Waals surface area (Å²) in [5, 5.41) is 19.2. The third-order valence-corrected chi connectivity index (χ3v) is 3.45. The molecule has 0 radical (unpaired) electrons. The number of carbonyl (C=O) groups is 2. The van der Waals surface area contributed by atoms with E-state index in [-0.39, 0.29) is 12.5 Å². The fourth-order valence-corrected chi connectivity index (χ4v) is 2.30. The van der Waals surface area contributed by atoms with E-state index in [9.17, 15) is 9.59 Å². The number of carboxylic acids is 1. The number of hydrogen-bond donors (Lipinski definition) is 2. The quantitative estimate of drug-likeness (QED) is 0.808. The van der Waals surface area contributed by atoms with Crippen molar-refractivity contribution in [2.75, 3.05) is 0 Å². The van der Waals surface area contributed by atoms with Gasteiger partial charge in [0, 0.05) is 6.20 Å². The number of carboxylic acid groups (broad SMARTS) is 1. The zero-order valence-electron chi connectivity index (χ0n) is 10.3. The van der Waals surface area contributed by atoms with Crippen molar-refractivity contribution in [3.8, 4) is 0 Å². The molecule has 0 bridgehead atoms. The molecule has 1 aromatic rings. The van der Waals surface area contributed by atoms with Crippen molar-refractivity contribution in [3.05, 3.63) is 24.0 Å². The van der Waals surface area contributed by atoms with Gasteiger partial charge in [-0.05, 0) is 17.5 Å². The van der Waals surface area contributed by atoms with Gasteiger partial charge in [-0.1, -0.05) is 13.8 Å². The van der Waals surface area contributed by atoms with E-state index in [0.29, 0.717) is 5.69 Å². The van der Waals surface area contributed by atoms with E-state index < -0.39 is 23.2 Å². The zero-order valence-corrected chi connectivity index (χ0v) is 10.3. The smallest absolute Gasteiger partial charge is 0.307 e. The minimum absolute atomic E-state index is 0.238. The maximum atomic E-state index is 11.9. The lowest BCUT2D eigenvalue weighted by molar-refractivity contribution is -0.140. The summed E-state index contributed by atoms with van der Waals surface area (Å²) in [5.74, 6) is -2.22. The predicted octanol–water partition coefficient (Wildman–Crippen LogP) is 0.450. The Bertz CT molecular complexity index is 473. The maximum absolute atomic E-state index is 11.9. The van der Waals surface area contributed by atoms with Gasteiger partial charge < -0.3 is 10.4 Å². The molecule has 1 aromatic heterocycles. The van der Waals surface area contributed by atoms with Gasteiger partial charge in [0.15, 0.2) is 0 Å². The highest BCUT2D eigenvalue weighted by Gasteiger charge is 2.65. The minimum Gasteiger partial charge on any atom is -0.481 e. The molecule has 6 nitrogen and oxygen atoms in total. The van der Waals surface area contributed by atoms with Crippen LogP contribution in [-0.4, -0.2) is 27.2 Å². The van der Waals surface area contributed by atoms with Crippen LogP contribution >= 0.6 is 0 Å². The Labute approximate surface area is 104 Å². The fraction of sp³-hybridized carbons (Fsp3) is 0.500. The average molecular weight is 249 g/mol. The topological polar surface area (TPSA) is 92.2 Å². The lowest BCUT2D eigenvalue weighted by atomic mass is 10.1. The number of aliphatic carboxylic acids is 1. The van der Waals surface area contributed by atoms with Crippen molar-refractivity contribution >= 4 is 11.9 Å². The lowest BCUT2D eigenvalue weighted by Crippen LogP contribution is -2.27. The molecule has 18 heavy (non-hydrogen) atoms. The van der Waals surface area contributed by atoms with Gasteiger partial charge in [0.1, 0.15) is 0 Å². The van der Waals surface area contributed by atoms with Crippen LogP contribution < -0.4 is 5.32 Å². The molecule has 0 aromatic carbocycles. The standard InChI is InChI=1S/C12H15N3O3/c1-12(2)8(9(12)11(17)18)10(16)13-6-7-4-3-5-14-15-7/h3-5,8-9H,6H2,1-2H3,(H,13,16)(H,17,18). The molecule has 0 spiro atoms. The van der Waals surface area contributed by atoms with Crippen LogP contribution in [0.2, 0.25) is 0 Å². The average Bonchev–Trinajstić information content (AvgIpc) is 2.91. The normalized spacial score (nSPS) is 24.3. The molecule has 1 aliphatic rings. The molecule has 1 amide bonds. The van der Waals surface area contributed by atoms with Crippen LogP contribution in [0.1, 0.15) is 19.5 Å². The molecule has 0 aliphatic heterocycles. The van der Waals surface area contributed by atoms with E-state index in [2.05, 4.69) is 15.5 Å². The minimum atomic E-state index is -0.917. The summed E-state index contributed by atoms with van der Waals surface area (Å²) in [4.78, 5) is 22.9. The van der Waals surface area contributed by atoms with Gasteiger partial charge in [0.25, 0.3) is 0 Å². The molecule has 0 saturated heterocycles. The highest BCUT2D eigenvalue weighted by atomic mass is 16.4. The molecular weight excluding hydrogens is 234 g/mol. The van der Waals surface area contributed by atoms with Gasteiger partial charge in [-0.15, -0.1) is 0 Å². The summed E-state index contributed by atoms with van der Waals surface area (Å²) in [7, 11) is 0. The second kappa shape index (κ2) is 4.36. The summed E-state index contributed by atoms with van der Waals surface area (Å²) >= 11 is 0. The van der Waals surface area contributed by atoms with E-state index in [1.54, 1.807) is 32.2 Å².